The Morgan fingerprint density at radius 1 is 1.09 bits per heavy atom. The molecule has 2 N–H and O–H groups in total. The summed E-state index contributed by atoms with van der Waals surface area (Å²) in [5.74, 6) is 0.970. The van der Waals surface area contributed by atoms with Gasteiger partial charge < -0.3 is 0 Å². The highest BCUT2D eigenvalue weighted by atomic mass is 16.2. The second-order valence-electron chi connectivity index (χ2n) is 5.73. The smallest absolute Gasteiger partial charge is 0.267 e. The first-order valence-corrected chi connectivity index (χ1v) is 7.89. The molecule has 0 aliphatic carbocycles. The van der Waals surface area contributed by atoms with Crippen molar-refractivity contribution in [3.63, 3.8) is 0 Å². The number of benzene rings is 1. The van der Waals surface area contributed by atoms with E-state index in [0.717, 1.165) is 29.7 Å². The fourth-order valence-corrected chi connectivity index (χ4v) is 2.84. The van der Waals surface area contributed by atoms with Crippen molar-refractivity contribution in [3.05, 3.63) is 62.6 Å². The topological polar surface area (TPSA) is 74.5 Å². The van der Waals surface area contributed by atoms with Crippen LogP contribution in [0.2, 0.25) is 0 Å². The summed E-state index contributed by atoms with van der Waals surface area (Å²) in [7, 11) is 1.48. The summed E-state index contributed by atoms with van der Waals surface area (Å²) in [6.07, 6.45) is 2.63. The average Bonchev–Trinajstić information content (AvgIpc) is 2.90. The van der Waals surface area contributed by atoms with Gasteiger partial charge in [0.05, 0.1) is 6.54 Å². The molecule has 6 nitrogen and oxygen atoms in total. The maximum atomic E-state index is 12.3. The third-order valence-corrected chi connectivity index (χ3v) is 4.10. The Hall–Kier alpha value is -2.63. The second kappa shape index (κ2) is 6.24. The standard InChI is InChI=1S/C17H20N4O2/c1-3-7-13-18-14-15(19-17(23)20(2)16(14)22)21(13)11-10-12-8-5-4-6-9-12/h4-6,8-9H,3,7,10-11H2,1-2H3,(H,19,22,23)/p+1. The number of aromatic nitrogens is 4. The molecule has 0 amide bonds. The predicted octanol–water partition coefficient (Wildman–Crippen LogP) is 1.04. The summed E-state index contributed by atoms with van der Waals surface area (Å²) in [6, 6.07) is 10.2. The highest BCUT2D eigenvalue weighted by molar-refractivity contribution is 5.64. The van der Waals surface area contributed by atoms with E-state index in [1.54, 1.807) is 0 Å². The molecule has 0 aliphatic rings. The maximum absolute atomic E-state index is 12.3. The number of H-pyrrole nitrogens is 2. The average molecular weight is 313 g/mol. The molecule has 2 aromatic heterocycles. The van der Waals surface area contributed by atoms with Crippen LogP contribution in [0.5, 0.6) is 0 Å². The van der Waals surface area contributed by atoms with Gasteiger partial charge in [-0.2, -0.15) is 0 Å². The quantitative estimate of drug-likeness (QED) is 0.691. The lowest BCUT2D eigenvalue weighted by Gasteiger charge is -2.03. The Morgan fingerprint density at radius 2 is 1.83 bits per heavy atom. The summed E-state index contributed by atoms with van der Waals surface area (Å²) in [5.41, 5.74) is 1.58. The van der Waals surface area contributed by atoms with Crippen molar-refractivity contribution in [1.29, 1.82) is 0 Å². The molecule has 120 valence electrons. The van der Waals surface area contributed by atoms with Crippen LogP contribution in [0, 0.1) is 0 Å². The van der Waals surface area contributed by atoms with E-state index in [-0.39, 0.29) is 5.56 Å². The highest BCUT2D eigenvalue weighted by Gasteiger charge is 2.21. The fourth-order valence-electron chi connectivity index (χ4n) is 2.84. The summed E-state index contributed by atoms with van der Waals surface area (Å²) in [5, 5.41) is 0. The monoisotopic (exact) mass is 313 g/mol. The molecule has 0 saturated heterocycles. The molecule has 0 unspecified atom stereocenters. The van der Waals surface area contributed by atoms with E-state index in [2.05, 4.69) is 29.0 Å². The molecule has 0 atom stereocenters. The molecule has 2 heterocycles. The molecular weight excluding hydrogens is 292 g/mol. The van der Waals surface area contributed by atoms with E-state index in [4.69, 9.17) is 0 Å². The van der Waals surface area contributed by atoms with Gasteiger partial charge in [0.1, 0.15) is 0 Å². The van der Waals surface area contributed by atoms with E-state index in [1.807, 2.05) is 22.8 Å². The van der Waals surface area contributed by atoms with Gasteiger partial charge in [-0.05, 0) is 12.0 Å². The fraction of sp³-hybridized carbons (Fsp3) is 0.353. The molecular formula is C17H21N4O2+. The highest BCUT2D eigenvalue weighted by Crippen LogP contribution is 2.05. The molecule has 0 fully saturated rings. The minimum Gasteiger partial charge on any atom is -0.267 e. The van der Waals surface area contributed by atoms with Crippen LogP contribution in [-0.4, -0.2) is 14.5 Å². The minimum absolute atomic E-state index is 0.292. The number of fused-ring (bicyclic) bond motifs is 1. The van der Waals surface area contributed by atoms with Crippen LogP contribution >= 0.6 is 0 Å². The largest absolute Gasteiger partial charge is 0.386 e. The van der Waals surface area contributed by atoms with Crippen LogP contribution in [0.3, 0.4) is 0 Å². The molecule has 0 spiro atoms. The van der Waals surface area contributed by atoms with Crippen molar-refractivity contribution in [2.45, 2.75) is 32.7 Å². The van der Waals surface area contributed by atoms with E-state index < -0.39 is 5.69 Å². The second-order valence-corrected chi connectivity index (χ2v) is 5.73. The van der Waals surface area contributed by atoms with Crippen LogP contribution in [-0.2, 0) is 26.4 Å². The first kappa shape index (κ1) is 15.3. The van der Waals surface area contributed by atoms with Crippen LogP contribution < -0.4 is 15.8 Å². The third kappa shape index (κ3) is 2.84. The van der Waals surface area contributed by atoms with Gasteiger partial charge in [-0.15, -0.1) is 0 Å². The molecule has 6 heteroatoms. The zero-order valence-corrected chi connectivity index (χ0v) is 13.4. The molecule has 0 aliphatic heterocycles. The van der Waals surface area contributed by atoms with Gasteiger partial charge in [0.2, 0.25) is 11.3 Å². The van der Waals surface area contributed by atoms with Crippen molar-refractivity contribution in [2.75, 3.05) is 0 Å². The lowest BCUT2D eigenvalue weighted by atomic mass is 10.1. The van der Waals surface area contributed by atoms with Gasteiger partial charge in [-0.25, -0.2) is 18.9 Å². The van der Waals surface area contributed by atoms with Crippen molar-refractivity contribution in [1.82, 2.24) is 14.5 Å². The van der Waals surface area contributed by atoms with Crippen molar-refractivity contribution in [2.24, 2.45) is 7.05 Å². The summed E-state index contributed by atoms with van der Waals surface area (Å²) >= 11 is 0. The number of aryl methyl sites for hydroxylation is 3. The Kier molecular flexibility index (Phi) is 4.14. The molecule has 23 heavy (non-hydrogen) atoms. The van der Waals surface area contributed by atoms with Crippen molar-refractivity contribution < 1.29 is 4.57 Å². The number of rotatable bonds is 5. The molecule has 0 radical (unpaired) electrons. The molecule has 1 aromatic carbocycles. The maximum Gasteiger partial charge on any atom is 0.386 e. The molecule has 3 aromatic rings. The third-order valence-electron chi connectivity index (χ3n) is 4.10. The predicted molar refractivity (Wildman–Crippen MR) is 88.5 cm³/mol. The summed E-state index contributed by atoms with van der Waals surface area (Å²) in [4.78, 5) is 30.2. The van der Waals surface area contributed by atoms with Gasteiger partial charge >= 0.3 is 11.2 Å². The zero-order chi connectivity index (χ0) is 16.4. The van der Waals surface area contributed by atoms with Crippen LogP contribution in [0.15, 0.2) is 39.9 Å². The van der Waals surface area contributed by atoms with E-state index in [9.17, 15) is 9.59 Å². The Balaban J connectivity index is 2.08. The van der Waals surface area contributed by atoms with Gasteiger partial charge in [0.15, 0.2) is 0 Å². The van der Waals surface area contributed by atoms with Gasteiger partial charge in [0.25, 0.3) is 5.65 Å². The summed E-state index contributed by atoms with van der Waals surface area (Å²) in [6.45, 7) is 2.80. The number of nitrogens with zero attached hydrogens (tertiary/aromatic N) is 2. The number of nitrogens with one attached hydrogen (secondary N) is 2. The number of aromatic amines is 2. The number of imidazole rings is 1. The minimum atomic E-state index is -0.391. The summed E-state index contributed by atoms with van der Waals surface area (Å²) < 4.78 is 3.12. The Morgan fingerprint density at radius 3 is 2.52 bits per heavy atom. The molecule has 3 rings (SSSR count). The zero-order valence-electron chi connectivity index (χ0n) is 13.4. The molecule has 0 bridgehead atoms. The normalized spacial score (nSPS) is 11.2. The van der Waals surface area contributed by atoms with Crippen molar-refractivity contribution in [3.8, 4) is 0 Å². The van der Waals surface area contributed by atoms with Crippen LogP contribution in [0.4, 0.5) is 0 Å². The van der Waals surface area contributed by atoms with Gasteiger partial charge in [0, 0.05) is 19.9 Å². The number of hydrogen-bond donors (Lipinski definition) is 2. The van der Waals surface area contributed by atoms with E-state index in [1.165, 1.54) is 12.6 Å². The van der Waals surface area contributed by atoms with Crippen LogP contribution in [0.1, 0.15) is 24.7 Å². The Bertz CT molecular complexity index is 935. The van der Waals surface area contributed by atoms with Gasteiger partial charge in [-0.1, -0.05) is 37.3 Å². The van der Waals surface area contributed by atoms with Gasteiger partial charge in [-0.3, -0.25) is 9.78 Å². The first-order valence-electron chi connectivity index (χ1n) is 7.89. The lowest BCUT2D eigenvalue weighted by Crippen LogP contribution is -2.41. The Labute approximate surface area is 133 Å². The SMILES string of the molecule is CCCc1[nH]c2c(=O)n(C)c(=O)[nH]c2[n+]1CCc1ccccc1. The number of hydrogen-bond acceptors (Lipinski definition) is 2. The van der Waals surface area contributed by atoms with E-state index >= 15 is 0 Å². The van der Waals surface area contributed by atoms with Crippen molar-refractivity contribution >= 4 is 11.2 Å². The first-order chi connectivity index (χ1) is 11.1. The lowest BCUT2D eigenvalue weighted by molar-refractivity contribution is -0.680. The molecule has 0 saturated carbocycles. The van der Waals surface area contributed by atoms with Crippen LogP contribution in [0.25, 0.3) is 11.2 Å². The van der Waals surface area contributed by atoms with E-state index in [0.29, 0.717) is 17.7 Å².